The van der Waals surface area contributed by atoms with E-state index < -0.39 is 56.7 Å². The Morgan fingerprint density at radius 3 is 1.48 bits per heavy atom. The normalized spacial score (nSPS) is 13.8. The first kappa shape index (κ1) is 70.8. The highest BCUT2D eigenvalue weighted by molar-refractivity contribution is 7.46. The number of aliphatic hydroxyl groups excluding tert-OH is 3. The predicted molar refractivity (Wildman–Crippen MR) is 292 cm³/mol. The van der Waals surface area contributed by atoms with Gasteiger partial charge >= 0.3 is 19.8 Å². The molecule has 0 spiro atoms. The summed E-state index contributed by atoms with van der Waals surface area (Å²) in [4.78, 5) is 72.5. The van der Waals surface area contributed by atoms with Crippen molar-refractivity contribution in [3.05, 3.63) is 0 Å². The summed E-state index contributed by atoms with van der Waals surface area (Å²) in [6.45, 7) is 6.89. The van der Waals surface area contributed by atoms with Crippen molar-refractivity contribution in [3.63, 3.8) is 0 Å². The number of hydrogen-bond acceptors (Lipinski definition) is 12. The van der Waals surface area contributed by atoms with E-state index in [2.05, 4.69) is 41.2 Å². The fraction of sp³-hybridized carbons (Fsp3) is 0.929. The van der Waals surface area contributed by atoms with E-state index in [1.807, 2.05) is 0 Å². The molecule has 0 saturated heterocycles. The smallest absolute Gasteiger partial charge is 0.462 e. The number of phosphoric ester groups is 1. The summed E-state index contributed by atoms with van der Waals surface area (Å²) in [5.74, 6) is -2.21. The fourth-order valence-electron chi connectivity index (χ4n) is 8.98. The second-order valence-corrected chi connectivity index (χ2v) is 21.9. The Morgan fingerprint density at radius 2 is 0.959 bits per heavy atom. The van der Waals surface area contributed by atoms with Gasteiger partial charge in [-0.2, -0.15) is 0 Å². The lowest BCUT2D eigenvalue weighted by atomic mass is 10.0. The molecule has 8 N–H and O–H groups in total. The third-order valence-electron chi connectivity index (χ3n) is 13.5. The maximum Gasteiger partial charge on any atom is 0.469 e. The molecule has 0 radical (unpaired) electrons. The van der Waals surface area contributed by atoms with Crippen molar-refractivity contribution in [3.8, 4) is 0 Å². The SMILES string of the molecule is CCCCCCCCCCCC(=O)O[C@H](CCCCCCCCCCC)CC(=O)N[C@H](CCOP(=O)(O)O)C(=O)OC[C@@H](CCCNCCCCCC(O)CO)NC(=O)C[C@H](O)CCCCCCCCCCC. The minimum atomic E-state index is -4.90. The van der Waals surface area contributed by atoms with E-state index in [1.165, 1.54) is 103 Å². The molecular formula is C56H110N3O13P. The zero-order chi connectivity index (χ0) is 54.1. The average molecular weight is 1060 g/mol. The molecule has 5 atom stereocenters. The second kappa shape index (κ2) is 50.6. The molecule has 0 aromatic rings. The van der Waals surface area contributed by atoms with Gasteiger partial charge in [-0.1, -0.05) is 194 Å². The number of hydrogen-bond donors (Lipinski definition) is 8. The molecule has 0 aromatic carbocycles. The van der Waals surface area contributed by atoms with Crippen molar-refractivity contribution in [2.45, 2.75) is 302 Å². The van der Waals surface area contributed by atoms with Gasteiger partial charge < -0.3 is 50.5 Å². The van der Waals surface area contributed by atoms with Crippen LogP contribution in [0.1, 0.15) is 271 Å². The molecule has 0 aliphatic carbocycles. The molecule has 0 saturated carbocycles. The van der Waals surface area contributed by atoms with Crippen LogP contribution >= 0.6 is 7.82 Å². The topological polar surface area (TPSA) is 250 Å². The van der Waals surface area contributed by atoms with E-state index in [0.29, 0.717) is 45.1 Å². The van der Waals surface area contributed by atoms with Crippen LogP contribution in [0.3, 0.4) is 0 Å². The number of amides is 2. The van der Waals surface area contributed by atoms with Crippen LogP contribution in [0.15, 0.2) is 0 Å². The lowest BCUT2D eigenvalue weighted by Crippen LogP contribution is -2.46. The summed E-state index contributed by atoms with van der Waals surface area (Å²) >= 11 is 0. The van der Waals surface area contributed by atoms with Gasteiger partial charge in [0.25, 0.3) is 0 Å². The number of rotatable bonds is 55. The van der Waals surface area contributed by atoms with Crippen LogP contribution in [0.25, 0.3) is 0 Å². The van der Waals surface area contributed by atoms with Gasteiger partial charge in [-0.3, -0.25) is 18.9 Å². The van der Waals surface area contributed by atoms with Crippen LogP contribution in [0.2, 0.25) is 0 Å². The zero-order valence-corrected chi connectivity index (χ0v) is 47.3. The number of esters is 2. The molecule has 1 unspecified atom stereocenters. The third-order valence-corrected chi connectivity index (χ3v) is 14.0. The molecule has 0 aliphatic heterocycles. The Balaban J connectivity index is 5.72. The molecule has 0 aliphatic rings. The number of carbonyl (C=O) groups is 4. The van der Waals surface area contributed by atoms with Crippen LogP contribution in [0.5, 0.6) is 0 Å². The quantitative estimate of drug-likeness (QED) is 0.0160. The van der Waals surface area contributed by atoms with Crippen molar-refractivity contribution in [1.29, 1.82) is 0 Å². The Kier molecular flexibility index (Phi) is 49.1. The largest absolute Gasteiger partial charge is 0.469 e. The summed E-state index contributed by atoms with van der Waals surface area (Å²) < 4.78 is 27.8. The third kappa shape index (κ3) is 49.2. The summed E-state index contributed by atoms with van der Waals surface area (Å²) in [5.41, 5.74) is 0. The number of aliphatic hydroxyl groups is 3. The number of phosphoric acid groups is 1. The number of unbranched alkanes of at least 4 members (excludes halogenated alkanes) is 26. The molecule has 432 valence electrons. The highest BCUT2D eigenvalue weighted by Gasteiger charge is 2.28. The number of nitrogens with one attached hydrogen (secondary N) is 3. The van der Waals surface area contributed by atoms with Crippen LogP contribution in [0, 0.1) is 0 Å². The van der Waals surface area contributed by atoms with E-state index in [9.17, 15) is 43.7 Å². The maximum atomic E-state index is 13.7. The van der Waals surface area contributed by atoms with Crippen LogP contribution in [-0.4, -0.2) is 112 Å². The minimum absolute atomic E-state index is 0.104. The van der Waals surface area contributed by atoms with E-state index in [0.717, 1.165) is 90.0 Å². The Morgan fingerprint density at radius 1 is 0.507 bits per heavy atom. The van der Waals surface area contributed by atoms with Gasteiger partial charge in [-0.25, -0.2) is 9.36 Å². The second-order valence-electron chi connectivity index (χ2n) is 20.7. The highest BCUT2D eigenvalue weighted by atomic mass is 31.2. The van der Waals surface area contributed by atoms with E-state index in [-0.39, 0.29) is 50.8 Å². The van der Waals surface area contributed by atoms with Gasteiger partial charge in [0.2, 0.25) is 11.8 Å². The molecule has 0 rings (SSSR count). The molecule has 16 nitrogen and oxygen atoms in total. The first-order chi connectivity index (χ1) is 35.2. The van der Waals surface area contributed by atoms with Gasteiger partial charge in [-0.15, -0.1) is 0 Å². The van der Waals surface area contributed by atoms with Crippen molar-refractivity contribution >= 4 is 31.6 Å². The standard InChI is InChI=1S/C56H110N3O13P/c1-4-7-10-13-16-19-22-25-29-36-49(61)44-53(63)58-48(35-34-42-57-41-33-28-30-37-50(62)46-60)47-70-56(66)52(40-43-71-73(67,68)69)59-54(64)45-51(38-31-26-23-20-17-14-11-8-5-2)72-55(65)39-32-27-24-21-18-15-12-9-6-3/h48-52,57,60-62H,4-47H2,1-3H3,(H,58,63)(H,59,64)(H2,67,68,69)/t48-,49-,50?,51-,52-/m1/s1. The number of ether oxygens (including phenoxy) is 2. The molecule has 0 fully saturated rings. The van der Waals surface area contributed by atoms with Crippen molar-refractivity contribution in [2.75, 3.05) is 32.9 Å². The summed E-state index contributed by atoms with van der Waals surface area (Å²) in [6, 6.07) is -1.99. The summed E-state index contributed by atoms with van der Waals surface area (Å²) in [5, 5.41) is 38.3. The van der Waals surface area contributed by atoms with Crippen LogP contribution < -0.4 is 16.0 Å². The van der Waals surface area contributed by atoms with Gasteiger partial charge in [0.1, 0.15) is 18.8 Å². The van der Waals surface area contributed by atoms with Crippen molar-refractivity contribution < 1.29 is 62.8 Å². The lowest BCUT2D eigenvalue weighted by molar-refractivity contribution is -0.153. The molecular weight excluding hydrogens is 954 g/mol. The first-order valence-corrected chi connectivity index (χ1v) is 31.1. The molecule has 73 heavy (non-hydrogen) atoms. The van der Waals surface area contributed by atoms with Gasteiger partial charge in [-0.05, 0) is 64.5 Å². The molecule has 17 heteroatoms. The predicted octanol–water partition coefficient (Wildman–Crippen LogP) is 11.1. The van der Waals surface area contributed by atoms with Crippen LogP contribution in [0.4, 0.5) is 0 Å². The summed E-state index contributed by atoms with van der Waals surface area (Å²) in [6.07, 6.45) is 32.7. The molecule has 0 heterocycles. The average Bonchev–Trinajstić information content (AvgIpc) is 3.34. The molecule has 0 bridgehead atoms. The van der Waals surface area contributed by atoms with Crippen molar-refractivity contribution in [2.24, 2.45) is 0 Å². The van der Waals surface area contributed by atoms with Gasteiger partial charge in [0, 0.05) is 12.8 Å². The molecule has 0 aromatic heterocycles. The van der Waals surface area contributed by atoms with E-state index >= 15 is 0 Å². The molecule has 2 amide bonds. The first-order valence-electron chi connectivity index (χ1n) is 29.6. The van der Waals surface area contributed by atoms with E-state index in [1.54, 1.807) is 0 Å². The monoisotopic (exact) mass is 1060 g/mol. The highest BCUT2D eigenvalue weighted by Crippen LogP contribution is 2.35. The number of carbonyl (C=O) groups excluding carboxylic acids is 4. The Hall–Kier alpha value is -2.17. The summed E-state index contributed by atoms with van der Waals surface area (Å²) in [7, 11) is -4.90. The minimum Gasteiger partial charge on any atom is -0.462 e. The maximum absolute atomic E-state index is 13.7. The Labute approximate surface area is 443 Å². The van der Waals surface area contributed by atoms with Crippen LogP contribution in [-0.2, 0) is 37.7 Å². The Bertz CT molecular complexity index is 1360. The van der Waals surface area contributed by atoms with Gasteiger partial charge in [0.15, 0.2) is 0 Å². The van der Waals surface area contributed by atoms with E-state index in [4.69, 9.17) is 14.6 Å². The lowest BCUT2D eigenvalue weighted by Gasteiger charge is -2.23. The van der Waals surface area contributed by atoms with Gasteiger partial charge in [0.05, 0.1) is 44.3 Å². The van der Waals surface area contributed by atoms with Crippen molar-refractivity contribution in [1.82, 2.24) is 16.0 Å². The fourth-order valence-corrected chi connectivity index (χ4v) is 9.32. The zero-order valence-electron chi connectivity index (χ0n) is 46.4.